The smallest absolute Gasteiger partial charge is 0.339 e. The zero-order valence-corrected chi connectivity index (χ0v) is 12.1. The largest absolute Gasteiger partial charge is 0.462 e. The van der Waals surface area contributed by atoms with Gasteiger partial charge in [-0.3, -0.25) is 4.98 Å². The predicted octanol–water partition coefficient (Wildman–Crippen LogP) is 4.05. The fourth-order valence-corrected chi connectivity index (χ4v) is 1.98. The minimum Gasteiger partial charge on any atom is -0.462 e. The van der Waals surface area contributed by atoms with E-state index in [4.69, 9.17) is 4.74 Å². The van der Waals surface area contributed by atoms with E-state index in [-0.39, 0.29) is 5.97 Å². The van der Waals surface area contributed by atoms with Gasteiger partial charge in [0, 0.05) is 18.0 Å². The third kappa shape index (κ3) is 3.23. The predicted molar refractivity (Wildman–Crippen MR) is 79.7 cm³/mol. The summed E-state index contributed by atoms with van der Waals surface area (Å²) in [5, 5.41) is 0. The molecule has 0 spiro atoms. The first-order chi connectivity index (χ1) is 9.61. The van der Waals surface area contributed by atoms with E-state index in [2.05, 4.69) is 43.1 Å². The molecule has 3 heteroatoms. The van der Waals surface area contributed by atoms with E-state index in [1.165, 1.54) is 11.8 Å². The maximum atomic E-state index is 11.7. The zero-order chi connectivity index (χ0) is 14.5. The maximum Gasteiger partial charge on any atom is 0.339 e. The van der Waals surface area contributed by atoms with Crippen LogP contribution in [0.1, 0.15) is 42.6 Å². The van der Waals surface area contributed by atoms with Gasteiger partial charge in [-0.05, 0) is 30.0 Å². The molecule has 0 atom stereocenters. The number of ether oxygens (including phenoxy) is 1. The number of rotatable bonds is 4. The summed E-state index contributed by atoms with van der Waals surface area (Å²) in [4.78, 5) is 15.8. The van der Waals surface area contributed by atoms with Crippen LogP contribution < -0.4 is 0 Å². The van der Waals surface area contributed by atoms with Crippen LogP contribution in [0.3, 0.4) is 0 Å². The van der Waals surface area contributed by atoms with Crippen molar-refractivity contribution in [2.24, 2.45) is 0 Å². The number of benzene rings is 1. The molecule has 0 aliphatic heterocycles. The van der Waals surface area contributed by atoms with E-state index < -0.39 is 0 Å². The van der Waals surface area contributed by atoms with E-state index in [1.54, 1.807) is 13.1 Å². The zero-order valence-electron chi connectivity index (χ0n) is 12.1. The van der Waals surface area contributed by atoms with Crippen molar-refractivity contribution in [1.29, 1.82) is 0 Å². The van der Waals surface area contributed by atoms with E-state index in [1.807, 2.05) is 6.07 Å². The normalized spacial score (nSPS) is 10.6. The van der Waals surface area contributed by atoms with E-state index in [0.717, 1.165) is 11.1 Å². The van der Waals surface area contributed by atoms with Crippen LogP contribution in [0.5, 0.6) is 0 Å². The van der Waals surface area contributed by atoms with Crippen LogP contribution in [0.25, 0.3) is 11.1 Å². The van der Waals surface area contributed by atoms with Gasteiger partial charge in [0.05, 0.1) is 12.2 Å². The quantitative estimate of drug-likeness (QED) is 0.786. The number of pyridine rings is 1. The minimum absolute atomic E-state index is 0.333. The van der Waals surface area contributed by atoms with Crippen LogP contribution >= 0.6 is 0 Å². The molecule has 0 saturated heterocycles. The van der Waals surface area contributed by atoms with Crippen LogP contribution in [-0.2, 0) is 4.74 Å². The molecule has 0 aliphatic carbocycles. The van der Waals surface area contributed by atoms with Crippen LogP contribution in [0.4, 0.5) is 0 Å². The molecule has 3 nitrogen and oxygen atoms in total. The Morgan fingerprint density at radius 1 is 1.15 bits per heavy atom. The number of carbonyl (C=O) groups excluding carboxylic acids is 1. The molecular weight excluding hydrogens is 250 g/mol. The molecule has 20 heavy (non-hydrogen) atoms. The van der Waals surface area contributed by atoms with Crippen LogP contribution in [0.2, 0.25) is 0 Å². The van der Waals surface area contributed by atoms with Gasteiger partial charge in [0.2, 0.25) is 0 Å². The second-order valence-corrected chi connectivity index (χ2v) is 4.96. The summed E-state index contributed by atoms with van der Waals surface area (Å²) in [5.41, 5.74) is 3.75. The van der Waals surface area contributed by atoms with Crippen molar-refractivity contribution in [3.05, 3.63) is 53.9 Å². The van der Waals surface area contributed by atoms with E-state index >= 15 is 0 Å². The Kier molecular flexibility index (Phi) is 4.51. The molecule has 2 aromatic rings. The average Bonchev–Trinajstić information content (AvgIpc) is 2.48. The highest BCUT2D eigenvalue weighted by atomic mass is 16.5. The topological polar surface area (TPSA) is 39.2 Å². The highest BCUT2D eigenvalue weighted by Crippen LogP contribution is 2.23. The summed E-state index contributed by atoms with van der Waals surface area (Å²) in [5.74, 6) is 0.175. The summed E-state index contributed by atoms with van der Waals surface area (Å²) < 4.78 is 4.99. The summed E-state index contributed by atoms with van der Waals surface area (Å²) >= 11 is 0. The number of aromatic nitrogens is 1. The van der Waals surface area contributed by atoms with Crippen molar-refractivity contribution in [2.75, 3.05) is 6.61 Å². The van der Waals surface area contributed by atoms with Gasteiger partial charge in [-0.2, -0.15) is 0 Å². The SMILES string of the molecule is CCOC(=O)c1cncc(-c2ccc(C(C)C)cc2)c1. The Labute approximate surface area is 119 Å². The van der Waals surface area contributed by atoms with Gasteiger partial charge in [-0.15, -0.1) is 0 Å². The Bertz CT molecular complexity index is 588. The third-order valence-corrected chi connectivity index (χ3v) is 3.16. The summed E-state index contributed by atoms with van der Waals surface area (Å²) in [6.45, 7) is 6.49. The Hall–Kier alpha value is -2.16. The molecule has 0 unspecified atom stereocenters. The van der Waals surface area contributed by atoms with Crippen molar-refractivity contribution in [1.82, 2.24) is 4.98 Å². The van der Waals surface area contributed by atoms with Crippen molar-refractivity contribution in [3.63, 3.8) is 0 Å². The lowest BCUT2D eigenvalue weighted by molar-refractivity contribution is 0.0526. The summed E-state index contributed by atoms with van der Waals surface area (Å²) in [6.07, 6.45) is 3.29. The van der Waals surface area contributed by atoms with Crippen LogP contribution in [0.15, 0.2) is 42.7 Å². The van der Waals surface area contributed by atoms with Crippen LogP contribution in [-0.4, -0.2) is 17.6 Å². The van der Waals surface area contributed by atoms with Gasteiger partial charge in [0.15, 0.2) is 0 Å². The van der Waals surface area contributed by atoms with Gasteiger partial charge in [0.25, 0.3) is 0 Å². The molecule has 0 bridgehead atoms. The lowest BCUT2D eigenvalue weighted by atomic mass is 9.99. The average molecular weight is 269 g/mol. The first-order valence-electron chi connectivity index (χ1n) is 6.84. The number of nitrogens with zero attached hydrogens (tertiary/aromatic N) is 1. The molecule has 0 aliphatic rings. The number of hydrogen-bond acceptors (Lipinski definition) is 3. The fourth-order valence-electron chi connectivity index (χ4n) is 1.98. The molecule has 0 N–H and O–H groups in total. The fraction of sp³-hybridized carbons (Fsp3) is 0.294. The standard InChI is InChI=1S/C17H19NO2/c1-4-20-17(19)16-9-15(10-18-11-16)14-7-5-13(6-8-14)12(2)3/h5-12H,4H2,1-3H3. The molecular formula is C17H19NO2. The highest BCUT2D eigenvalue weighted by Gasteiger charge is 2.08. The molecule has 0 saturated carbocycles. The first kappa shape index (κ1) is 14.3. The number of carbonyl (C=O) groups is 1. The molecule has 0 amide bonds. The van der Waals surface area contributed by atoms with Crippen molar-refractivity contribution in [3.8, 4) is 11.1 Å². The maximum absolute atomic E-state index is 11.7. The molecule has 1 aromatic heterocycles. The van der Waals surface area contributed by atoms with Gasteiger partial charge in [0.1, 0.15) is 0 Å². The second kappa shape index (κ2) is 6.33. The van der Waals surface area contributed by atoms with Gasteiger partial charge in [-0.25, -0.2) is 4.79 Å². The van der Waals surface area contributed by atoms with Crippen molar-refractivity contribution < 1.29 is 9.53 Å². The third-order valence-electron chi connectivity index (χ3n) is 3.16. The second-order valence-electron chi connectivity index (χ2n) is 4.96. The minimum atomic E-state index is -0.333. The van der Waals surface area contributed by atoms with Crippen molar-refractivity contribution in [2.45, 2.75) is 26.7 Å². The van der Waals surface area contributed by atoms with Gasteiger partial charge >= 0.3 is 5.97 Å². The van der Waals surface area contributed by atoms with E-state index in [0.29, 0.717) is 18.1 Å². The number of esters is 1. The Morgan fingerprint density at radius 3 is 2.45 bits per heavy atom. The molecule has 1 heterocycles. The lowest BCUT2D eigenvalue weighted by Crippen LogP contribution is -2.05. The highest BCUT2D eigenvalue weighted by molar-refractivity contribution is 5.90. The molecule has 1 aromatic carbocycles. The molecule has 0 fully saturated rings. The molecule has 0 radical (unpaired) electrons. The summed E-state index contributed by atoms with van der Waals surface area (Å²) in [6, 6.07) is 10.1. The van der Waals surface area contributed by atoms with Gasteiger partial charge < -0.3 is 4.74 Å². The summed E-state index contributed by atoms with van der Waals surface area (Å²) in [7, 11) is 0. The number of hydrogen-bond donors (Lipinski definition) is 0. The Balaban J connectivity index is 2.28. The lowest BCUT2D eigenvalue weighted by Gasteiger charge is -2.08. The monoisotopic (exact) mass is 269 g/mol. The Morgan fingerprint density at radius 2 is 1.85 bits per heavy atom. The molecule has 104 valence electrons. The van der Waals surface area contributed by atoms with Crippen LogP contribution in [0, 0.1) is 0 Å². The molecule has 2 rings (SSSR count). The van der Waals surface area contributed by atoms with Gasteiger partial charge in [-0.1, -0.05) is 38.1 Å². The van der Waals surface area contributed by atoms with E-state index in [9.17, 15) is 4.79 Å². The van der Waals surface area contributed by atoms with Crippen molar-refractivity contribution >= 4 is 5.97 Å². The first-order valence-corrected chi connectivity index (χ1v) is 6.84.